The van der Waals surface area contributed by atoms with E-state index in [1.807, 2.05) is 42.5 Å². The van der Waals surface area contributed by atoms with Gasteiger partial charge in [-0.25, -0.2) is 0 Å². The van der Waals surface area contributed by atoms with Crippen LogP contribution >= 0.6 is 15.9 Å². The summed E-state index contributed by atoms with van der Waals surface area (Å²) < 4.78 is 6.27. The van der Waals surface area contributed by atoms with Gasteiger partial charge in [0.25, 0.3) is 5.91 Å². The summed E-state index contributed by atoms with van der Waals surface area (Å²) in [5.74, 6) is 1.19. The summed E-state index contributed by atoms with van der Waals surface area (Å²) in [5.41, 5.74) is 2.77. The van der Waals surface area contributed by atoms with Crippen LogP contribution in [0, 0.1) is 5.92 Å². The van der Waals surface area contributed by atoms with E-state index in [1.165, 1.54) is 10.5 Å². The molecule has 5 rings (SSSR count). The number of halogens is 1. The lowest BCUT2D eigenvalue weighted by atomic mass is 9.90. The molecule has 0 bridgehead atoms. The molecule has 1 fully saturated rings. The van der Waals surface area contributed by atoms with Crippen molar-refractivity contribution < 1.29 is 14.3 Å². The number of hydrogen-bond donors (Lipinski definition) is 0. The van der Waals surface area contributed by atoms with E-state index in [9.17, 15) is 9.59 Å². The summed E-state index contributed by atoms with van der Waals surface area (Å²) in [7, 11) is 1.70. The van der Waals surface area contributed by atoms with Gasteiger partial charge in [0, 0.05) is 17.6 Å². The van der Waals surface area contributed by atoms with E-state index in [4.69, 9.17) is 4.74 Å². The fraction of sp³-hybridized carbons (Fsp3) is 0.357. The number of imide groups is 1. The van der Waals surface area contributed by atoms with Crippen LogP contribution < -0.4 is 4.74 Å². The van der Waals surface area contributed by atoms with Crippen LogP contribution in [0.4, 0.5) is 0 Å². The molecular weight excluding hydrogens is 492 g/mol. The fourth-order valence-corrected chi connectivity index (χ4v) is 5.91. The van der Waals surface area contributed by atoms with Crippen molar-refractivity contribution in [3.05, 3.63) is 75.8 Å². The molecule has 1 saturated heterocycles. The number of carbonyl (C=O) groups excluding carboxylic acids is 2. The molecule has 3 aromatic carbocycles. The second kappa shape index (κ2) is 9.88. The molecule has 2 amide bonds. The van der Waals surface area contributed by atoms with Crippen LogP contribution in [0.2, 0.25) is 0 Å². The molecule has 0 aromatic heterocycles. The highest BCUT2D eigenvalue weighted by atomic mass is 79.9. The summed E-state index contributed by atoms with van der Waals surface area (Å²) in [5, 5.41) is 1.92. The zero-order chi connectivity index (χ0) is 23.7. The molecule has 0 N–H and O–H groups in total. The molecule has 2 heterocycles. The maximum absolute atomic E-state index is 13.4. The summed E-state index contributed by atoms with van der Waals surface area (Å²) in [6.07, 6.45) is 3.33. The number of nitrogens with zero attached hydrogens (tertiary/aromatic N) is 2. The normalized spacial score (nSPS) is 17.3. The van der Waals surface area contributed by atoms with Crippen LogP contribution in [0.5, 0.6) is 5.75 Å². The standard InChI is InChI=1S/C28H29BrN2O3/c1-34-22-6-4-5-20(15-22)18-30-12-9-19(10-13-30)11-14-31-26(32)17-21-16-25(29)23-7-2-3-8-24(23)27(21)28(31)33/h2-8,15-16,19H,9-14,17-18H2,1H3. The van der Waals surface area contributed by atoms with Crippen molar-refractivity contribution in [1.82, 2.24) is 9.80 Å². The first-order valence-electron chi connectivity index (χ1n) is 11.9. The number of rotatable bonds is 6. The lowest BCUT2D eigenvalue weighted by Gasteiger charge is -2.34. The average Bonchev–Trinajstić information content (AvgIpc) is 2.85. The lowest BCUT2D eigenvalue weighted by molar-refractivity contribution is -0.128. The minimum atomic E-state index is -0.148. The minimum Gasteiger partial charge on any atom is -0.497 e. The van der Waals surface area contributed by atoms with E-state index in [0.29, 0.717) is 18.0 Å². The molecule has 2 aliphatic rings. The molecule has 3 aromatic rings. The topological polar surface area (TPSA) is 49.9 Å². The number of methoxy groups -OCH3 is 1. The third-order valence-electron chi connectivity index (χ3n) is 7.19. The van der Waals surface area contributed by atoms with Crippen molar-refractivity contribution in [2.24, 2.45) is 5.92 Å². The van der Waals surface area contributed by atoms with Crippen molar-refractivity contribution >= 4 is 38.5 Å². The molecule has 0 radical (unpaired) electrons. The van der Waals surface area contributed by atoms with Crippen molar-refractivity contribution in [2.75, 3.05) is 26.7 Å². The highest BCUT2D eigenvalue weighted by molar-refractivity contribution is 9.10. The van der Waals surface area contributed by atoms with E-state index in [2.05, 4.69) is 33.0 Å². The molecule has 0 saturated carbocycles. The van der Waals surface area contributed by atoms with E-state index in [0.717, 1.165) is 65.5 Å². The Labute approximate surface area is 208 Å². The van der Waals surface area contributed by atoms with Crippen LogP contribution in [0.3, 0.4) is 0 Å². The Bertz CT molecular complexity index is 1230. The van der Waals surface area contributed by atoms with Gasteiger partial charge in [0.15, 0.2) is 0 Å². The molecule has 5 nitrogen and oxygen atoms in total. The second-order valence-electron chi connectivity index (χ2n) is 9.33. The number of piperidine rings is 1. The number of benzene rings is 3. The van der Waals surface area contributed by atoms with Gasteiger partial charge in [0.2, 0.25) is 5.91 Å². The van der Waals surface area contributed by atoms with Crippen molar-refractivity contribution in [2.45, 2.75) is 32.2 Å². The zero-order valence-corrected chi connectivity index (χ0v) is 21.0. The smallest absolute Gasteiger partial charge is 0.261 e. The first kappa shape index (κ1) is 23.1. The predicted octanol–water partition coefficient (Wildman–Crippen LogP) is 5.44. The maximum atomic E-state index is 13.4. The van der Waals surface area contributed by atoms with Gasteiger partial charge in [0.1, 0.15) is 5.75 Å². The quantitative estimate of drug-likeness (QED) is 0.406. The largest absolute Gasteiger partial charge is 0.497 e. The average molecular weight is 521 g/mol. The Morgan fingerprint density at radius 2 is 1.76 bits per heavy atom. The Morgan fingerprint density at radius 3 is 2.53 bits per heavy atom. The summed E-state index contributed by atoms with van der Waals surface area (Å²) in [6, 6.07) is 18.1. The van der Waals surface area contributed by atoms with E-state index in [-0.39, 0.29) is 18.2 Å². The number of fused-ring (bicyclic) bond motifs is 3. The van der Waals surface area contributed by atoms with Gasteiger partial charge >= 0.3 is 0 Å². The first-order valence-corrected chi connectivity index (χ1v) is 12.7. The third kappa shape index (κ3) is 4.62. The minimum absolute atomic E-state index is 0.0878. The highest BCUT2D eigenvalue weighted by Gasteiger charge is 2.33. The SMILES string of the molecule is COc1cccc(CN2CCC(CCN3C(=O)Cc4cc(Br)c5ccccc5c4C3=O)CC2)c1. The summed E-state index contributed by atoms with van der Waals surface area (Å²) in [4.78, 5) is 30.2. The van der Waals surface area contributed by atoms with Gasteiger partial charge < -0.3 is 4.74 Å². The molecule has 2 aliphatic heterocycles. The number of amides is 2. The van der Waals surface area contributed by atoms with Crippen molar-refractivity contribution in [3.8, 4) is 5.75 Å². The van der Waals surface area contributed by atoms with Crippen LogP contribution in [-0.4, -0.2) is 48.4 Å². The molecule has 0 unspecified atom stereocenters. The van der Waals surface area contributed by atoms with Crippen molar-refractivity contribution in [1.29, 1.82) is 0 Å². The Morgan fingerprint density at radius 1 is 1.00 bits per heavy atom. The van der Waals surface area contributed by atoms with Gasteiger partial charge in [-0.3, -0.25) is 19.4 Å². The van der Waals surface area contributed by atoms with Crippen LogP contribution in [0.15, 0.2) is 59.1 Å². The second-order valence-corrected chi connectivity index (χ2v) is 10.2. The summed E-state index contributed by atoms with van der Waals surface area (Å²) in [6.45, 7) is 3.49. The number of carbonyl (C=O) groups is 2. The van der Waals surface area contributed by atoms with E-state index < -0.39 is 0 Å². The number of ether oxygens (including phenoxy) is 1. The molecule has 6 heteroatoms. The van der Waals surface area contributed by atoms with Gasteiger partial charge in [-0.1, -0.05) is 52.3 Å². The molecular formula is C28H29BrN2O3. The Kier molecular flexibility index (Phi) is 6.70. The Hall–Kier alpha value is -2.70. The van der Waals surface area contributed by atoms with Crippen LogP contribution in [-0.2, 0) is 17.8 Å². The van der Waals surface area contributed by atoms with E-state index in [1.54, 1.807) is 7.11 Å². The molecule has 0 spiro atoms. The van der Waals surface area contributed by atoms with E-state index >= 15 is 0 Å². The fourth-order valence-electron chi connectivity index (χ4n) is 5.28. The number of likely N-dealkylation sites (tertiary alicyclic amines) is 1. The first-order chi connectivity index (χ1) is 16.5. The van der Waals surface area contributed by atoms with Gasteiger partial charge in [-0.05, 0) is 78.4 Å². The van der Waals surface area contributed by atoms with Crippen LogP contribution in [0.25, 0.3) is 10.8 Å². The highest BCUT2D eigenvalue weighted by Crippen LogP contribution is 2.34. The zero-order valence-electron chi connectivity index (χ0n) is 19.4. The van der Waals surface area contributed by atoms with Gasteiger partial charge in [-0.2, -0.15) is 0 Å². The maximum Gasteiger partial charge on any atom is 0.261 e. The van der Waals surface area contributed by atoms with Crippen molar-refractivity contribution in [3.63, 3.8) is 0 Å². The molecule has 34 heavy (non-hydrogen) atoms. The lowest BCUT2D eigenvalue weighted by Crippen LogP contribution is -2.44. The Balaban J connectivity index is 1.21. The molecule has 0 aliphatic carbocycles. The van der Waals surface area contributed by atoms with Crippen LogP contribution in [0.1, 0.15) is 40.7 Å². The predicted molar refractivity (Wildman–Crippen MR) is 137 cm³/mol. The third-order valence-corrected chi connectivity index (χ3v) is 7.84. The van der Waals surface area contributed by atoms with Gasteiger partial charge in [0.05, 0.1) is 19.1 Å². The van der Waals surface area contributed by atoms with Gasteiger partial charge in [-0.15, -0.1) is 0 Å². The monoisotopic (exact) mass is 520 g/mol. The molecule has 176 valence electrons. The number of hydrogen-bond acceptors (Lipinski definition) is 4. The molecule has 0 atom stereocenters. The summed E-state index contributed by atoms with van der Waals surface area (Å²) >= 11 is 3.60.